The minimum Gasteiger partial charge on any atom is -0.324 e. The number of carbonyl (C=O) groups is 3. The van der Waals surface area contributed by atoms with Crippen molar-refractivity contribution in [3.63, 3.8) is 0 Å². The maximum atomic E-state index is 13.4. The number of hydrogen-bond donors (Lipinski definition) is 1. The lowest BCUT2D eigenvalue weighted by Gasteiger charge is -2.30. The second-order valence-electron chi connectivity index (χ2n) is 7.36. The topological polar surface area (TPSA) is 82.1 Å². The van der Waals surface area contributed by atoms with Crippen LogP contribution in [-0.4, -0.2) is 41.0 Å². The Balaban J connectivity index is 1.53. The fraction of sp³-hybridized carbons (Fsp3) is 0.182. The number of hydrazone groups is 1. The van der Waals surface area contributed by atoms with E-state index in [9.17, 15) is 14.4 Å². The number of imide groups is 1. The van der Waals surface area contributed by atoms with Gasteiger partial charge < -0.3 is 5.32 Å². The first-order valence-electron chi connectivity index (χ1n) is 9.54. The second kappa shape index (κ2) is 7.21. The number of allylic oxidation sites excluding steroid dienone is 1. The summed E-state index contributed by atoms with van der Waals surface area (Å²) in [5.41, 5.74) is 1.12. The van der Waals surface area contributed by atoms with Gasteiger partial charge in [-0.15, -0.1) is 0 Å². The van der Waals surface area contributed by atoms with E-state index in [2.05, 4.69) is 26.3 Å². The van der Waals surface area contributed by atoms with Gasteiger partial charge in [-0.05, 0) is 36.4 Å². The maximum absolute atomic E-state index is 13.4. The molecular weight excluding hydrogens is 448 g/mol. The van der Waals surface area contributed by atoms with Crippen molar-refractivity contribution in [3.05, 3.63) is 71.2 Å². The number of rotatable bonds is 3. The predicted octanol–water partition coefficient (Wildman–Crippen LogP) is 2.80. The molecule has 1 N–H and O–H groups in total. The molecule has 5 rings (SSSR count). The molecule has 7 nitrogen and oxygen atoms in total. The third-order valence-electron chi connectivity index (χ3n) is 5.67. The van der Waals surface area contributed by atoms with Crippen LogP contribution < -0.4 is 10.2 Å². The minimum absolute atomic E-state index is 0.310. The van der Waals surface area contributed by atoms with Crippen molar-refractivity contribution in [1.29, 1.82) is 0 Å². The summed E-state index contributed by atoms with van der Waals surface area (Å²) in [6.45, 7) is 0. The van der Waals surface area contributed by atoms with Crippen molar-refractivity contribution in [2.45, 2.75) is 12.1 Å². The van der Waals surface area contributed by atoms with E-state index in [0.717, 1.165) is 4.47 Å². The summed E-state index contributed by atoms with van der Waals surface area (Å²) in [7, 11) is 0. The number of anilines is 2. The number of hydrogen-bond acceptors (Lipinski definition) is 5. The van der Waals surface area contributed by atoms with E-state index in [4.69, 9.17) is 0 Å². The van der Waals surface area contributed by atoms with Gasteiger partial charge in [-0.3, -0.25) is 19.4 Å². The van der Waals surface area contributed by atoms with Gasteiger partial charge in [0.15, 0.2) is 0 Å². The van der Waals surface area contributed by atoms with Crippen molar-refractivity contribution < 1.29 is 14.4 Å². The van der Waals surface area contributed by atoms with Gasteiger partial charge in [0, 0.05) is 16.4 Å². The molecule has 30 heavy (non-hydrogen) atoms. The first kappa shape index (κ1) is 18.7. The smallest absolute Gasteiger partial charge is 0.249 e. The van der Waals surface area contributed by atoms with Crippen molar-refractivity contribution in [2.75, 3.05) is 10.2 Å². The number of para-hydroxylation sites is 1. The van der Waals surface area contributed by atoms with E-state index < -0.39 is 23.9 Å². The van der Waals surface area contributed by atoms with Gasteiger partial charge in [-0.1, -0.05) is 46.3 Å². The summed E-state index contributed by atoms with van der Waals surface area (Å²) in [6, 6.07) is 14.7. The molecule has 0 bridgehead atoms. The number of nitrogens with zero attached hydrogens (tertiary/aromatic N) is 3. The van der Waals surface area contributed by atoms with Crippen LogP contribution in [0.4, 0.5) is 11.4 Å². The lowest BCUT2D eigenvalue weighted by Crippen LogP contribution is -2.47. The first-order chi connectivity index (χ1) is 14.6. The highest BCUT2D eigenvalue weighted by Crippen LogP contribution is 2.45. The highest BCUT2D eigenvalue weighted by molar-refractivity contribution is 9.10. The lowest BCUT2D eigenvalue weighted by molar-refractivity contribution is -0.129. The summed E-state index contributed by atoms with van der Waals surface area (Å²) >= 11 is 3.39. The zero-order valence-corrected chi connectivity index (χ0v) is 17.3. The van der Waals surface area contributed by atoms with Crippen LogP contribution in [0.2, 0.25) is 0 Å². The summed E-state index contributed by atoms with van der Waals surface area (Å²) in [5.74, 6) is -2.53. The largest absolute Gasteiger partial charge is 0.324 e. The average molecular weight is 465 g/mol. The highest BCUT2D eigenvalue weighted by atomic mass is 79.9. The molecule has 2 aromatic carbocycles. The number of benzene rings is 2. The van der Waals surface area contributed by atoms with Crippen LogP contribution in [0.1, 0.15) is 0 Å². The Hall–Kier alpha value is -3.26. The first-order valence-corrected chi connectivity index (χ1v) is 10.3. The molecule has 2 saturated heterocycles. The van der Waals surface area contributed by atoms with Crippen LogP contribution in [0.25, 0.3) is 0 Å². The predicted molar refractivity (Wildman–Crippen MR) is 116 cm³/mol. The quantitative estimate of drug-likeness (QED) is 0.707. The molecule has 3 aliphatic rings. The number of halogens is 1. The minimum atomic E-state index is -0.880. The molecule has 0 spiro atoms. The Morgan fingerprint density at radius 2 is 1.77 bits per heavy atom. The molecule has 8 heteroatoms. The maximum Gasteiger partial charge on any atom is 0.249 e. The van der Waals surface area contributed by atoms with E-state index in [1.165, 1.54) is 4.90 Å². The Labute approximate surface area is 181 Å². The molecular formula is C22H17BrN4O3. The molecule has 0 radical (unpaired) electrons. The fourth-order valence-corrected chi connectivity index (χ4v) is 4.83. The van der Waals surface area contributed by atoms with E-state index in [0.29, 0.717) is 11.4 Å². The summed E-state index contributed by atoms with van der Waals surface area (Å²) in [6.07, 6.45) is 5.15. The third-order valence-corrected chi connectivity index (χ3v) is 6.16. The Bertz CT molecular complexity index is 1100. The van der Waals surface area contributed by atoms with Gasteiger partial charge in [0.2, 0.25) is 17.7 Å². The van der Waals surface area contributed by atoms with Gasteiger partial charge in [-0.25, -0.2) is 4.90 Å². The number of amides is 3. The van der Waals surface area contributed by atoms with Crippen molar-refractivity contribution in [1.82, 2.24) is 5.01 Å². The fourth-order valence-electron chi connectivity index (χ4n) is 4.44. The molecule has 4 atom stereocenters. The monoisotopic (exact) mass is 464 g/mol. The molecule has 0 saturated carbocycles. The second-order valence-corrected chi connectivity index (χ2v) is 8.28. The Kier molecular flexibility index (Phi) is 4.51. The molecule has 3 heterocycles. The van der Waals surface area contributed by atoms with Crippen molar-refractivity contribution in [3.8, 4) is 0 Å². The highest BCUT2D eigenvalue weighted by Gasteiger charge is 2.64. The van der Waals surface area contributed by atoms with Gasteiger partial charge in [-0.2, -0.15) is 5.10 Å². The zero-order chi connectivity index (χ0) is 20.8. The SMILES string of the molecule is O=C(Nc1ccccc1)[C@H]1[C@H]2C(=O)N(c3cccc(Br)c3)C(=O)[C@H]2[C@@H]2C=CC=NN21. The summed E-state index contributed by atoms with van der Waals surface area (Å²) < 4.78 is 0.764. The van der Waals surface area contributed by atoms with Gasteiger partial charge >= 0.3 is 0 Å². The van der Waals surface area contributed by atoms with Gasteiger partial charge in [0.1, 0.15) is 6.04 Å². The van der Waals surface area contributed by atoms with Crippen LogP contribution in [-0.2, 0) is 14.4 Å². The third kappa shape index (κ3) is 2.87. The van der Waals surface area contributed by atoms with Crippen LogP contribution in [0, 0.1) is 11.8 Å². The zero-order valence-electron chi connectivity index (χ0n) is 15.7. The summed E-state index contributed by atoms with van der Waals surface area (Å²) in [5, 5.41) is 8.77. The molecule has 2 fully saturated rings. The van der Waals surface area contributed by atoms with Crippen LogP contribution in [0.5, 0.6) is 0 Å². The molecule has 3 amide bonds. The van der Waals surface area contributed by atoms with Crippen LogP contribution in [0.15, 0.2) is 76.3 Å². The van der Waals surface area contributed by atoms with E-state index in [1.54, 1.807) is 47.6 Å². The van der Waals surface area contributed by atoms with Gasteiger partial charge in [0.25, 0.3) is 0 Å². The van der Waals surface area contributed by atoms with E-state index >= 15 is 0 Å². The molecule has 3 aliphatic heterocycles. The van der Waals surface area contributed by atoms with Gasteiger partial charge in [0.05, 0.1) is 23.6 Å². The number of nitrogens with one attached hydrogen (secondary N) is 1. The van der Waals surface area contributed by atoms with Crippen molar-refractivity contribution >= 4 is 51.2 Å². The average Bonchev–Trinajstić information content (AvgIpc) is 3.22. The molecule has 150 valence electrons. The normalized spacial score (nSPS) is 26.7. The Morgan fingerprint density at radius 1 is 1.00 bits per heavy atom. The summed E-state index contributed by atoms with van der Waals surface area (Å²) in [4.78, 5) is 41.2. The van der Waals surface area contributed by atoms with E-state index in [-0.39, 0.29) is 17.7 Å². The molecule has 2 aromatic rings. The Morgan fingerprint density at radius 3 is 2.53 bits per heavy atom. The van der Waals surface area contributed by atoms with Crippen molar-refractivity contribution in [2.24, 2.45) is 16.9 Å². The van der Waals surface area contributed by atoms with Crippen LogP contribution in [0.3, 0.4) is 0 Å². The lowest BCUT2D eigenvalue weighted by atomic mass is 9.88. The van der Waals surface area contributed by atoms with Crippen LogP contribution >= 0.6 is 15.9 Å². The molecule has 0 unspecified atom stereocenters. The molecule has 0 aliphatic carbocycles. The van der Waals surface area contributed by atoms with E-state index in [1.807, 2.05) is 30.3 Å². The number of carbonyl (C=O) groups excluding carboxylic acids is 3. The number of fused-ring (bicyclic) bond motifs is 3. The molecule has 0 aromatic heterocycles. The standard InChI is InChI=1S/C22H17BrN4O3/c23-13-6-4-9-15(12-13)26-21(29)17-16-10-5-11-24-27(16)19(18(17)22(26)30)20(28)25-14-7-2-1-3-8-14/h1-12,16-19H,(H,25,28)/t16-,17-,18-,19+/m0/s1.